The van der Waals surface area contributed by atoms with Crippen molar-refractivity contribution in [1.82, 2.24) is 14.7 Å². The van der Waals surface area contributed by atoms with E-state index in [9.17, 15) is 4.79 Å². The minimum atomic E-state index is -0.525. The Balaban J connectivity index is 2.09. The van der Waals surface area contributed by atoms with Crippen LogP contribution in [0.2, 0.25) is 5.02 Å². The lowest BCUT2D eigenvalue weighted by molar-refractivity contribution is 0.0205. The van der Waals surface area contributed by atoms with Gasteiger partial charge in [-0.1, -0.05) is 33.6 Å². The number of halogens is 2. The molecular formula is C20H31BrClN3O2. The predicted octanol–water partition coefficient (Wildman–Crippen LogP) is 4.40. The van der Waals surface area contributed by atoms with Gasteiger partial charge >= 0.3 is 6.09 Å². The van der Waals surface area contributed by atoms with Crippen LogP contribution in [0.4, 0.5) is 4.79 Å². The van der Waals surface area contributed by atoms with Crippen molar-refractivity contribution in [3.63, 3.8) is 0 Å². The molecule has 0 atom stereocenters. The van der Waals surface area contributed by atoms with Crippen LogP contribution in [0.3, 0.4) is 0 Å². The number of likely N-dealkylation sites (N-methyl/N-ethyl adjacent to an activating group) is 1. The number of hydrogen-bond donors (Lipinski definition) is 0. The highest BCUT2D eigenvalue weighted by Crippen LogP contribution is 2.28. The molecular weight excluding hydrogens is 430 g/mol. The van der Waals surface area contributed by atoms with E-state index in [0.29, 0.717) is 18.1 Å². The molecule has 1 aromatic rings. The van der Waals surface area contributed by atoms with E-state index in [2.05, 4.69) is 32.8 Å². The number of rotatable bonds is 5. The third-order valence-corrected chi connectivity index (χ3v) is 6.08. The van der Waals surface area contributed by atoms with E-state index >= 15 is 0 Å². The van der Waals surface area contributed by atoms with E-state index in [-0.39, 0.29) is 6.09 Å². The molecule has 0 unspecified atom stereocenters. The summed E-state index contributed by atoms with van der Waals surface area (Å²) in [6.45, 7) is 13.7. The zero-order valence-corrected chi connectivity index (χ0v) is 19.4. The van der Waals surface area contributed by atoms with Crippen molar-refractivity contribution in [3.05, 3.63) is 32.8 Å². The fraction of sp³-hybridized carbons (Fsp3) is 0.650. The Bertz CT molecular complexity index is 655. The van der Waals surface area contributed by atoms with Gasteiger partial charge in [0.05, 0.1) is 6.54 Å². The summed E-state index contributed by atoms with van der Waals surface area (Å²) in [5, 5.41) is 0.692. The fourth-order valence-electron chi connectivity index (χ4n) is 2.94. The van der Waals surface area contributed by atoms with Crippen LogP contribution in [-0.4, -0.2) is 72.7 Å². The minimum absolute atomic E-state index is 0.298. The molecule has 1 aliphatic heterocycles. The topological polar surface area (TPSA) is 36.0 Å². The van der Waals surface area contributed by atoms with Crippen LogP contribution >= 0.6 is 27.5 Å². The first-order valence-electron chi connectivity index (χ1n) is 9.39. The van der Waals surface area contributed by atoms with Crippen LogP contribution in [0.25, 0.3) is 0 Å². The van der Waals surface area contributed by atoms with Gasteiger partial charge in [0.1, 0.15) is 5.60 Å². The van der Waals surface area contributed by atoms with Crippen LogP contribution in [0.5, 0.6) is 0 Å². The van der Waals surface area contributed by atoms with Gasteiger partial charge in [-0.3, -0.25) is 4.90 Å². The number of carbonyl (C=O) groups excluding carboxylic acids is 1. The zero-order valence-electron chi connectivity index (χ0n) is 17.0. The first kappa shape index (κ1) is 22.5. The quantitative estimate of drug-likeness (QED) is 0.653. The summed E-state index contributed by atoms with van der Waals surface area (Å²) in [5.41, 5.74) is 1.39. The largest absolute Gasteiger partial charge is 0.444 e. The molecule has 27 heavy (non-hydrogen) atoms. The average Bonchev–Trinajstić information content (AvgIpc) is 2.58. The molecule has 7 heteroatoms. The SMILES string of the molecule is Cc1c(Br)ccc(CN(CCN2CCN(C)CC2)C(=O)OC(C)(C)C)c1Cl. The number of hydrogen-bond acceptors (Lipinski definition) is 4. The molecule has 1 amide bonds. The molecule has 1 heterocycles. The van der Waals surface area contributed by atoms with Gasteiger partial charge in [0.15, 0.2) is 0 Å². The molecule has 0 N–H and O–H groups in total. The number of piperazine rings is 1. The molecule has 152 valence electrons. The summed E-state index contributed by atoms with van der Waals surface area (Å²) in [6, 6.07) is 3.94. The molecule has 5 nitrogen and oxygen atoms in total. The Hall–Kier alpha value is -0.820. The molecule has 0 aromatic heterocycles. The second-order valence-corrected chi connectivity index (χ2v) is 9.42. The zero-order chi connectivity index (χ0) is 20.2. The second-order valence-electron chi connectivity index (χ2n) is 8.19. The highest BCUT2D eigenvalue weighted by atomic mass is 79.9. The van der Waals surface area contributed by atoms with E-state index in [1.54, 1.807) is 4.90 Å². The molecule has 0 radical (unpaired) electrons. The summed E-state index contributed by atoms with van der Waals surface area (Å²) in [7, 11) is 2.14. The molecule has 0 bridgehead atoms. The smallest absolute Gasteiger partial charge is 0.410 e. The monoisotopic (exact) mass is 459 g/mol. The third kappa shape index (κ3) is 6.93. The molecule has 1 aliphatic rings. The number of ether oxygens (including phenoxy) is 1. The molecule has 2 rings (SSSR count). The maximum atomic E-state index is 12.8. The van der Waals surface area contributed by atoms with Gasteiger partial charge in [0.2, 0.25) is 0 Å². The first-order chi connectivity index (χ1) is 12.6. The maximum Gasteiger partial charge on any atom is 0.410 e. The standard InChI is InChI=1S/C20H31BrClN3O2/c1-15-17(21)7-6-16(18(15)22)14-25(19(26)27-20(2,3)4)13-12-24-10-8-23(5)9-11-24/h6-7H,8-14H2,1-5H3. The van der Waals surface area contributed by atoms with Gasteiger partial charge in [-0.25, -0.2) is 4.79 Å². The van der Waals surface area contributed by atoms with E-state index < -0.39 is 5.60 Å². The minimum Gasteiger partial charge on any atom is -0.444 e. The van der Waals surface area contributed by atoms with Crippen molar-refractivity contribution in [2.24, 2.45) is 0 Å². The summed E-state index contributed by atoms with van der Waals surface area (Å²) >= 11 is 10.0. The third-order valence-electron chi connectivity index (χ3n) is 4.70. The highest BCUT2D eigenvalue weighted by Gasteiger charge is 2.24. The normalized spacial score (nSPS) is 16.4. The summed E-state index contributed by atoms with van der Waals surface area (Å²) in [4.78, 5) is 19.3. The van der Waals surface area contributed by atoms with E-state index in [1.165, 1.54) is 0 Å². The van der Waals surface area contributed by atoms with Crippen molar-refractivity contribution < 1.29 is 9.53 Å². The second kappa shape index (κ2) is 9.59. The average molecular weight is 461 g/mol. The lowest BCUT2D eigenvalue weighted by Gasteiger charge is -2.34. The summed E-state index contributed by atoms with van der Waals surface area (Å²) in [6.07, 6.45) is -0.298. The Morgan fingerprint density at radius 1 is 1.26 bits per heavy atom. The molecule has 1 fully saturated rings. The van der Waals surface area contributed by atoms with Crippen molar-refractivity contribution in [1.29, 1.82) is 0 Å². The van der Waals surface area contributed by atoms with Gasteiger partial charge in [-0.2, -0.15) is 0 Å². The van der Waals surface area contributed by atoms with Gasteiger partial charge in [0.25, 0.3) is 0 Å². The number of benzene rings is 1. The highest BCUT2D eigenvalue weighted by molar-refractivity contribution is 9.10. The summed E-state index contributed by atoms with van der Waals surface area (Å²) < 4.78 is 6.60. The van der Waals surface area contributed by atoms with Crippen LogP contribution in [0, 0.1) is 6.92 Å². The van der Waals surface area contributed by atoms with Crippen LogP contribution in [0.1, 0.15) is 31.9 Å². The molecule has 0 saturated carbocycles. The predicted molar refractivity (Wildman–Crippen MR) is 114 cm³/mol. The van der Waals surface area contributed by atoms with Crippen molar-refractivity contribution in [3.8, 4) is 0 Å². The van der Waals surface area contributed by atoms with E-state index in [0.717, 1.165) is 48.3 Å². The first-order valence-corrected chi connectivity index (χ1v) is 10.6. The van der Waals surface area contributed by atoms with Gasteiger partial charge in [-0.15, -0.1) is 0 Å². The lowest BCUT2D eigenvalue weighted by atomic mass is 10.1. The van der Waals surface area contributed by atoms with Crippen LogP contribution in [-0.2, 0) is 11.3 Å². The van der Waals surface area contributed by atoms with Gasteiger partial charge in [0, 0.05) is 48.8 Å². The number of nitrogens with zero attached hydrogens (tertiary/aromatic N) is 3. The fourth-order valence-corrected chi connectivity index (χ4v) is 3.61. The van der Waals surface area contributed by atoms with E-state index in [4.69, 9.17) is 16.3 Å². The van der Waals surface area contributed by atoms with Crippen molar-refractivity contribution >= 4 is 33.6 Å². The number of carbonyl (C=O) groups is 1. The van der Waals surface area contributed by atoms with Gasteiger partial charge in [-0.05, 0) is 51.9 Å². The Morgan fingerprint density at radius 3 is 2.48 bits per heavy atom. The van der Waals surface area contributed by atoms with Crippen LogP contribution < -0.4 is 0 Å². The Morgan fingerprint density at radius 2 is 1.89 bits per heavy atom. The lowest BCUT2D eigenvalue weighted by Crippen LogP contribution is -2.48. The van der Waals surface area contributed by atoms with Crippen LogP contribution in [0.15, 0.2) is 16.6 Å². The molecule has 1 aromatic carbocycles. The number of amides is 1. The van der Waals surface area contributed by atoms with Crippen molar-refractivity contribution in [2.75, 3.05) is 46.3 Å². The molecule has 1 saturated heterocycles. The summed E-state index contributed by atoms with van der Waals surface area (Å²) in [5.74, 6) is 0. The molecule has 0 spiro atoms. The molecule has 0 aliphatic carbocycles. The maximum absolute atomic E-state index is 12.8. The van der Waals surface area contributed by atoms with E-state index in [1.807, 2.05) is 39.8 Å². The Kier molecular flexibility index (Phi) is 7.98. The Labute approximate surface area is 176 Å². The van der Waals surface area contributed by atoms with Gasteiger partial charge < -0.3 is 14.5 Å². The van der Waals surface area contributed by atoms with Crippen molar-refractivity contribution in [2.45, 2.75) is 39.8 Å².